The van der Waals surface area contributed by atoms with Crippen LogP contribution in [0, 0.1) is 0 Å². The molecule has 0 bridgehead atoms. The molecule has 1 aromatic carbocycles. The number of ether oxygens (including phenoxy) is 1. The molecule has 0 saturated carbocycles. The highest BCUT2D eigenvalue weighted by Crippen LogP contribution is 2.24. The van der Waals surface area contributed by atoms with Gasteiger partial charge in [0.05, 0.1) is 7.11 Å². The Morgan fingerprint density at radius 3 is 2.71 bits per heavy atom. The van der Waals surface area contributed by atoms with E-state index in [0.717, 1.165) is 18.6 Å². The van der Waals surface area contributed by atoms with Crippen molar-refractivity contribution in [1.82, 2.24) is 5.32 Å². The average molecular weight is 233 g/mol. The van der Waals surface area contributed by atoms with Gasteiger partial charge in [-0.15, -0.1) is 6.58 Å². The van der Waals surface area contributed by atoms with Gasteiger partial charge in [-0.05, 0) is 32.8 Å². The lowest BCUT2D eigenvalue weighted by molar-refractivity contribution is 0.393. The lowest BCUT2D eigenvalue weighted by Gasteiger charge is -2.21. The number of para-hydroxylation sites is 1. The summed E-state index contributed by atoms with van der Waals surface area (Å²) in [6.45, 7) is 8.12. The fourth-order valence-corrected chi connectivity index (χ4v) is 1.99. The molecule has 0 heterocycles. The Labute approximate surface area is 105 Å². The summed E-state index contributed by atoms with van der Waals surface area (Å²) in [6, 6.07) is 8.93. The second-order valence-corrected chi connectivity index (χ2v) is 4.40. The minimum absolute atomic E-state index is 0.297. The van der Waals surface area contributed by atoms with Gasteiger partial charge >= 0.3 is 0 Å². The second kappa shape index (κ2) is 7.13. The standard InChI is InChI=1S/C15H23NO/c1-5-6-9-12(2)16-13(3)14-10-7-8-11-15(14)17-4/h5,7-8,10-13,16H,1,6,9H2,2-4H3/t12?,13-/m1/s1. The van der Waals surface area contributed by atoms with Crippen molar-refractivity contribution in [2.24, 2.45) is 0 Å². The predicted octanol–water partition coefficient (Wildman–Crippen LogP) is 3.70. The maximum atomic E-state index is 5.37. The molecule has 2 atom stereocenters. The molecule has 94 valence electrons. The third-order valence-corrected chi connectivity index (χ3v) is 2.94. The van der Waals surface area contributed by atoms with Crippen LogP contribution in [0.4, 0.5) is 0 Å². The summed E-state index contributed by atoms with van der Waals surface area (Å²) in [5.41, 5.74) is 1.21. The summed E-state index contributed by atoms with van der Waals surface area (Å²) in [5, 5.41) is 3.58. The Bertz CT molecular complexity index is 349. The first kappa shape index (κ1) is 13.8. The van der Waals surface area contributed by atoms with Crippen LogP contribution in [-0.2, 0) is 0 Å². The number of nitrogens with one attached hydrogen (secondary N) is 1. The maximum Gasteiger partial charge on any atom is 0.123 e. The minimum atomic E-state index is 0.297. The third kappa shape index (κ3) is 4.23. The van der Waals surface area contributed by atoms with Gasteiger partial charge in [-0.2, -0.15) is 0 Å². The SMILES string of the molecule is C=CCCC(C)N[C@H](C)c1ccccc1OC. The van der Waals surface area contributed by atoms with Gasteiger partial charge < -0.3 is 10.1 Å². The molecule has 1 N–H and O–H groups in total. The van der Waals surface area contributed by atoms with Crippen LogP contribution in [0.15, 0.2) is 36.9 Å². The molecule has 0 fully saturated rings. The Balaban J connectivity index is 2.62. The quantitative estimate of drug-likeness (QED) is 0.725. The highest BCUT2D eigenvalue weighted by Gasteiger charge is 2.12. The monoisotopic (exact) mass is 233 g/mol. The van der Waals surface area contributed by atoms with Crippen molar-refractivity contribution in [3.05, 3.63) is 42.5 Å². The number of hydrogen-bond donors (Lipinski definition) is 1. The number of hydrogen-bond acceptors (Lipinski definition) is 2. The van der Waals surface area contributed by atoms with E-state index in [4.69, 9.17) is 4.74 Å². The van der Waals surface area contributed by atoms with Gasteiger partial charge in [-0.25, -0.2) is 0 Å². The van der Waals surface area contributed by atoms with E-state index >= 15 is 0 Å². The van der Waals surface area contributed by atoms with Gasteiger partial charge in [0.15, 0.2) is 0 Å². The molecule has 0 aromatic heterocycles. The topological polar surface area (TPSA) is 21.3 Å². The maximum absolute atomic E-state index is 5.37. The van der Waals surface area contributed by atoms with E-state index in [2.05, 4.69) is 31.8 Å². The molecule has 1 aromatic rings. The molecule has 0 aliphatic carbocycles. The van der Waals surface area contributed by atoms with Crippen molar-refractivity contribution in [1.29, 1.82) is 0 Å². The number of benzene rings is 1. The molecule has 0 aliphatic rings. The summed E-state index contributed by atoms with van der Waals surface area (Å²) < 4.78 is 5.37. The minimum Gasteiger partial charge on any atom is -0.496 e. The van der Waals surface area contributed by atoms with E-state index in [1.807, 2.05) is 24.3 Å². The van der Waals surface area contributed by atoms with Crippen LogP contribution in [0.3, 0.4) is 0 Å². The van der Waals surface area contributed by atoms with Gasteiger partial charge in [-0.1, -0.05) is 24.3 Å². The van der Waals surface area contributed by atoms with Crippen molar-refractivity contribution in [3.8, 4) is 5.75 Å². The first-order valence-corrected chi connectivity index (χ1v) is 6.19. The predicted molar refractivity (Wildman–Crippen MR) is 73.4 cm³/mol. The van der Waals surface area contributed by atoms with E-state index < -0.39 is 0 Å². The zero-order valence-electron chi connectivity index (χ0n) is 11.1. The average Bonchev–Trinajstić information content (AvgIpc) is 2.36. The summed E-state index contributed by atoms with van der Waals surface area (Å²) in [6.07, 6.45) is 4.13. The van der Waals surface area contributed by atoms with E-state index in [-0.39, 0.29) is 0 Å². The van der Waals surface area contributed by atoms with Crippen molar-refractivity contribution >= 4 is 0 Å². The Morgan fingerprint density at radius 1 is 1.35 bits per heavy atom. The van der Waals surface area contributed by atoms with E-state index in [1.54, 1.807) is 7.11 Å². The van der Waals surface area contributed by atoms with Crippen molar-refractivity contribution < 1.29 is 4.74 Å². The van der Waals surface area contributed by atoms with Crippen molar-refractivity contribution in [2.45, 2.75) is 38.8 Å². The number of allylic oxidation sites excluding steroid dienone is 1. The van der Waals surface area contributed by atoms with Gasteiger partial charge in [0.25, 0.3) is 0 Å². The molecule has 2 nitrogen and oxygen atoms in total. The number of methoxy groups -OCH3 is 1. The Kier molecular flexibility index (Phi) is 5.78. The van der Waals surface area contributed by atoms with E-state index in [1.165, 1.54) is 5.56 Å². The molecule has 0 aliphatic heterocycles. The second-order valence-electron chi connectivity index (χ2n) is 4.40. The largest absolute Gasteiger partial charge is 0.496 e. The normalized spacial score (nSPS) is 14.1. The van der Waals surface area contributed by atoms with Crippen LogP contribution in [0.25, 0.3) is 0 Å². The fourth-order valence-electron chi connectivity index (χ4n) is 1.99. The van der Waals surface area contributed by atoms with Gasteiger partial charge in [0.1, 0.15) is 5.75 Å². The lowest BCUT2D eigenvalue weighted by Crippen LogP contribution is -2.28. The summed E-state index contributed by atoms with van der Waals surface area (Å²) in [7, 11) is 1.71. The Hall–Kier alpha value is -1.28. The molecule has 1 rings (SSSR count). The zero-order chi connectivity index (χ0) is 12.7. The van der Waals surface area contributed by atoms with Gasteiger partial charge in [0, 0.05) is 17.6 Å². The van der Waals surface area contributed by atoms with Gasteiger partial charge in [-0.3, -0.25) is 0 Å². The van der Waals surface area contributed by atoms with E-state index in [0.29, 0.717) is 12.1 Å². The molecule has 0 radical (unpaired) electrons. The van der Waals surface area contributed by atoms with Crippen LogP contribution < -0.4 is 10.1 Å². The molecule has 0 spiro atoms. The summed E-state index contributed by atoms with van der Waals surface area (Å²) in [5.74, 6) is 0.948. The van der Waals surface area contributed by atoms with Crippen LogP contribution in [0.5, 0.6) is 5.75 Å². The van der Waals surface area contributed by atoms with Crippen LogP contribution in [-0.4, -0.2) is 13.2 Å². The van der Waals surface area contributed by atoms with E-state index in [9.17, 15) is 0 Å². The molecule has 17 heavy (non-hydrogen) atoms. The Morgan fingerprint density at radius 2 is 2.06 bits per heavy atom. The molecule has 1 unspecified atom stereocenters. The smallest absolute Gasteiger partial charge is 0.123 e. The molecule has 0 amide bonds. The molecular weight excluding hydrogens is 210 g/mol. The van der Waals surface area contributed by atoms with Crippen LogP contribution >= 0.6 is 0 Å². The van der Waals surface area contributed by atoms with Crippen LogP contribution in [0.2, 0.25) is 0 Å². The molecule has 0 saturated heterocycles. The first-order valence-electron chi connectivity index (χ1n) is 6.19. The van der Waals surface area contributed by atoms with Crippen LogP contribution in [0.1, 0.15) is 38.3 Å². The summed E-state index contributed by atoms with van der Waals surface area (Å²) in [4.78, 5) is 0. The molecule has 2 heteroatoms. The highest BCUT2D eigenvalue weighted by molar-refractivity contribution is 5.35. The first-order chi connectivity index (χ1) is 8.19. The highest BCUT2D eigenvalue weighted by atomic mass is 16.5. The van der Waals surface area contributed by atoms with Crippen molar-refractivity contribution in [2.75, 3.05) is 7.11 Å². The third-order valence-electron chi connectivity index (χ3n) is 2.94. The fraction of sp³-hybridized carbons (Fsp3) is 0.467. The van der Waals surface area contributed by atoms with Gasteiger partial charge in [0.2, 0.25) is 0 Å². The van der Waals surface area contributed by atoms with Crippen molar-refractivity contribution in [3.63, 3.8) is 0 Å². The lowest BCUT2D eigenvalue weighted by atomic mass is 10.1. The summed E-state index contributed by atoms with van der Waals surface area (Å²) >= 11 is 0. The number of rotatable bonds is 7. The molecular formula is C15H23NO. The zero-order valence-corrected chi connectivity index (χ0v) is 11.1.